The lowest BCUT2D eigenvalue weighted by atomic mass is 9.62. The van der Waals surface area contributed by atoms with Gasteiger partial charge in [0.15, 0.2) is 12.1 Å². The number of rotatable bonds is 2. The van der Waals surface area contributed by atoms with E-state index in [1.165, 1.54) is 37.5 Å². The molecule has 6 atom stereocenters. The lowest BCUT2D eigenvalue weighted by Gasteiger charge is -2.43. The van der Waals surface area contributed by atoms with E-state index in [2.05, 4.69) is 34.1 Å². The fraction of sp³-hybridized carbons (Fsp3) is 0.545. The van der Waals surface area contributed by atoms with E-state index in [1.54, 1.807) is 11.1 Å². The van der Waals surface area contributed by atoms with Crippen molar-refractivity contribution < 1.29 is 13.9 Å². The second-order valence-electron chi connectivity index (χ2n) is 8.77. The van der Waals surface area contributed by atoms with Crippen LogP contribution < -0.4 is 10.9 Å². The van der Waals surface area contributed by atoms with Crippen LogP contribution in [0.25, 0.3) is 0 Å². The van der Waals surface area contributed by atoms with E-state index >= 15 is 0 Å². The summed E-state index contributed by atoms with van der Waals surface area (Å²) >= 11 is 0. The van der Waals surface area contributed by atoms with E-state index in [0.29, 0.717) is 29.7 Å². The molecular weight excluding hydrogens is 354 g/mol. The van der Waals surface area contributed by atoms with Crippen molar-refractivity contribution in [2.75, 3.05) is 6.54 Å². The van der Waals surface area contributed by atoms with Gasteiger partial charge in [0.1, 0.15) is 12.4 Å². The first-order chi connectivity index (χ1) is 13.8. The van der Waals surface area contributed by atoms with Gasteiger partial charge in [0.05, 0.1) is 0 Å². The molecule has 1 saturated heterocycles. The van der Waals surface area contributed by atoms with E-state index in [4.69, 9.17) is 9.15 Å². The number of oxazole rings is 1. The molecule has 6 nitrogen and oxygen atoms in total. The SMILES string of the molecule is O=C(OC1CCC2C1=CC=C1C3=CC4CNNC4CC3CCC12)c1cocn1. The molecule has 1 aliphatic heterocycles. The number of hydrazine groups is 1. The molecule has 1 aromatic heterocycles. The third-order valence-corrected chi connectivity index (χ3v) is 7.44. The second-order valence-corrected chi connectivity index (χ2v) is 8.77. The van der Waals surface area contributed by atoms with Crippen LogP contribution in [0.15, 0.2) is 52.0 Å². The zero-order valence-corrected chi connectivity index (χ0v) is 15.8. The van der Waals surface area contributed by atoms with Crippen LogP contribution in [0, 0.1) is 23.7 Å². The van der Waals surface area contributed by atoms with Crippen LogP contribution >= 0.6 is 0 Å². The summed E-state index contributed by atoms with van der Waals surface area (Å²) < 4.78 is 10.7. The van der Waals surface area contributed by atoms with Gasteiger partial charge in [0, 0.05) is 18.5 Å². The summed E-state index contributed by atoms with van der Waals surface area (Å²) in [7, 11) is 0. The highest BCUT2D eigenvalue weighted by Gasteiger charge is 2.46. The van der Waals surface area contributed by atoms with E-state index in [9.17, 15) is 4.79 Å². The Morgan fingerprint density at radius 1 is 1.14 bits per heavy atom. The van der Waals surface area contributed by atoms with Gasteiger partial charge < -0.3 is 9.15 Å². The van der Waals surface area contributed by atoms with Gasteiger partial charge in [-0.05, 0) is 66.6 Å². The number of fused-ring (bicyclic) bond motifs is 6. The molecule has 28 heavy (non-hydrogen) atoms. The molecule has 0 aromatic carbocycles. The fourth-order valence-corrected chi connectivity index (χ4v) is 6.14. The number of hydrogen-bond acceptors (Lipinski definition) is 6. The Labute approximate surface area is 164 Å². The van der Waals surface area contributed by atoms with Gasteiger partial charge in [-0.3, -0.25) is 10.9 Å². The molecule has 3 fully saturated rings. The smallest absolute Gasteiger partial charge is 0.360 e. The van der Waals surface area contributed by atoms with Gasteiger partial charge in [-0.15, -0.1) is 0 Å². The third kappa shape index (κ3) is 2.54. The highest BCUT2D eigenvalue weighted by atomic mass is 16.5. The summed E-state index contributed by atoms with van der Waals surface area (Å²) in [4.78, 5) is 16.2. The number of allylic oxidation sites excluding steroid dienone is 4. The van der Waals surface area contributed by atoms with Crippen molar-refractivity contribution in [3.8, 4) is 0 Å². The molecule has 5 aliphatic rings. The topological polar surface area (TPSA) is 76.4 Å². The average Bonchev–Trinajstić information content (AvgIpc) is 3.46. The van der Waals surface area contributed by atoms with Crippen molar-refractivity contribution in [2.45, 2.75) is 44.2 Å². The normalized spacial score (nSPS) is 38.4. The standard InChI is InChI=1S/C22H25N3O3/c26-22(20-10-27-11-23-20)28-21-6-5-15-14-2-1-12-8-19-13(9-24-25-19)7-18(12)16(14)3-4-17(15)21/h3-4,7,10-15,19,21,24-25H,1-2,5-6,8-9H2. The fourth-order valence-electron chi connectivity index (χ4n) is 6.14. The second kappa shape index (κ2) is 6.42. The van der Waals surface area contributed by atoms with E-state index in [0.717, 1.165) is 19.4 Å². The first kappa shape index (κ1) is 16.7. The lowest BCUT2D eigenvalue weighted by Crippen LogP contribution is -2.39. The number of ether oxygens (including phenoxy) is 1. The van der Waals surface area contributed by atoms with Gasteiger partial charge in [-0.2, -0.15) is 0 Å². The van der Waals surface area contributed by atoms with Crippen LogP contribution in [0.5, 0.6) is 0 Å². The highest BCUT2D eigenvalue weighted by molar-refractivity contribution is 5.87. The minimum absolute atomic E-state index is 0.127. The van der Waals surface area contributed by atoms with Gasteiger partial charge in [-0.25, -0.2) is 9.78 Å². The number of esters is 1. The molecule has 6 unspecified atom stereocenters. The molecular formula is C22H25N3O3. The van der Waals surface area contributed by atoms with Gasteiger partial charge >= 0.3 is 5.97 Å². The predicted octanol–water partition coefficient (Wildman–Crippen LogP) is 2.93. The highest BCUT2D eigenvalue weighted by Crippen LogP contribution is 2.53. The zero-order chi connectivity index (χ0) is 18.7. The van der Waals surface area contributed by atoms with Crippen molar-refractivity contribution in [1.29, 1.82) is 0 Å². The maximum Gasteiger partial charge on any atom is 0.360 e. The number of nitrogens with zero attached hydrogens (tertiary/aromatic N) is 1. The van der Waals surface area contributed by atoms with Crippen LogP contribution in [0.3, 0.4) is 0 Å². The van der Waals surface area contributed by atoms with E-state index in [-0.39, 0.29) is 17.8 Å². The first-order valence-corrected chi connectivity index (χ1v) is 10.5. The van der Waals surface area contributed by atoms with Crippen LogP contribution in [0.4, 0.5) is 0 Å². The maximum absolute atomic E-state index is 12.3. The van der Waals surface area contributed by atoms with Crippen molar-refractivity contribution in [1.82, 2.24) is 15.8 Å². The lowest BCUT2D eigenvalue weighted by molar-refractivity contribution is 0.0375. The number of hydrogen-bond donors (Lipinski definition) is 2. The molecule has 2 N–H and O–H groups in total. The van der Waals surface area contributed by atoms with E-state index < -0.39 is 0 Å². The van der Waals surface area contributed by atoms with Crippen molar-refractivity contribution in [3.05, 3.63) is 53.3 Å². The molecule has 0 radical (unpaired) electrons. The quantitative estimate of drug-likeness (QED) is 0.770. The van der Waals surface area contributed by atoms with E-state index in [1.807, 2.05) is 0 Å². The van der Waals surface area contributed by atoms with Gasteiger partial charge in [0.25, 0.3) is 0 Å². The predicted molar refractivity (Wildman–Crippen MR) is 102 cm³/mol. The number of carbonyl (C=O) groups is 1. The van der Waals surface area contributed by atoms with Crippen LogP contribution in [0.2, 0.25) is 0 Å². The summed E-state index contributed by atoms with van der Waals surface area (Å²) in [6.07, 6.45) is 15.3. The van der Waals surface area contributed by atoms with Crippen molar-refractivity contribution in [3.63, 3.8) is 0 Å². The monoisotopic (exact) mass is 379 g/mol. The Kier molecular flexibility index (Phi) is 3.84. The van der Waals surface area contributed by atoms with Crippen LogP contribution in [-0.2, 0) is 4.74 Å². The molecule has 4 aliphatic carbocycles. The van der Waals surface area contributed by atoms with Gasteiger partial charge in [0.2, 0.25) is 0 Å². The summed E-state index contributed by atoms with van der Waals surface area (Å²) in [5, 5.41) is 0. The molecule has 2 heterocycles. The molecule has 1 aromatic rings. The van der Waals surface area contributed by atoms with Gasteiger partial charge in [-0.1, -0.05) is 18.2 Å². The van der Waals surface area contributed by atoms with Crippen LogP contribution in [-0.4, -0.2) is 29.6 Å². The van der Waals surface area contributed by atoms with Crippen LogP contribution in [0.1, 0.15) is 42.6 Å². The largest absolute Gasteiger partial charge is 0.453 e. The number of carbonyl (C=O) groups excluding carboxylic acids is 1. The first-order valence-electron chi connectivity index (χ1n) is 10.5. The summed E-state index contributed by atoms with van der Waals surface area (Å²) in [6, 6.07) is 0.590. The zero-order valence-electron chi connectivity index (χ0n) is 15.8. The Balaban J connectivity index is 1.27. The number of nitrogens with one attached hydrogen (secondary N) is 2. The molecule has 0 spiro atoms. The molecule has 2 saturated carbocycles. The number of aromatic nitrogens is 1. The molecule has 6 rings (SSSR count). The summed E-state index contributed by atoms with van der Waals surface area (Å²) in [6.45, 7) is 1.03. The maximum atomic E-state index is 12.3. The summed E-state index contributed by atoms with van der Waals surface area (Å²) in [5.41, 5.74) is 11.5. The molecule has 146 valence electrons. The molecule has 0 amide bonds. The van der Waals surface area contributed by atoms with Crippen molar-refractivity contribution >= 4 is 5.97 Å². The summed E-state index contributed by atoms with van der Waals surface area (Å²) in [5.74, 6) is 2.00. The Morgan fingerprint density at radius 2 is 2.07 bits per heavy atom. The molecule has 6 heteroatoms. The average molecular weight is 379 g/mol. The Bertz CT molecular complexity index is 885. The Hall–Kier alpha value is -2.18. The third-order valence-electron chi connectivity index (χ3n) is 7.44. The minimum Gasteiger partial charge on any atom is -0.453 e. The van der Waals surface area contributed by atoms with Crippen molar-refractivity contribution in [2.24, 2.45) is 23.7 Å². The Morgan fingerprint density at radius 3 is 2.96 bits per heavy atom. The minimum atomic E-state index is -0.388. The molecule has 0 bridgehead atoms.